The van der Waals surface area contributed by atoms with E-state index in [4.69, 9.17) is 43.8 Å². The zero-order valence-corrected chi connectivity index (χ0v) is 28.8. The molecule has 14 nitrogen and oxygen atoms in total. The second-order valence-corrected chi connectivity index (χ2v) is 13.7. The van der Waals surface area contributed by atoms with E-state index in [0.717, 1.165) is 21.7 Å². The summed E-state index contributed by atoms with van der Waals surface area (Å²) >= 11 is 14.4. The number of aryl methyl sites for hydroxylation is 1. The number of ether oxygens (including phenoxy) is 1. The first-order valence-corrected chi connectivity index (χ1v) is 17.2. The fraction of sp³-hybridized carbons (Fsp3) is 0.344. The van der Waals surface area contributed by atoms with Gasteiger partial charge in [0.1, 0.15) is 18.1 Å². The lowest BCUT2D eigenvalue weighted by atomic mass is 10.0. The molecule has 2 amide bonds. The van der Waals surface area contributed by atoms with Crippen molar-refractivity contribution >= 4 is 57.8 Å². The zero-order valence-electron chi connectivity index (χ0n) is 26.5. The maximum atomic E-state index is 14.5. The van der Waals surface area contributed by atoms with Crippen LogP contribution >= 0.6 is 34.5 Å². The Hall–Kier alpha value is -4.57. The van der Waals surface area contributed by atoms with Gasteiger partial charge in [0, 0.05) is 46.7 Å². The molecule has 0 saturated carbocycles. The number of hydrogen-bond acceptors (Lipinski definition) is 11. The Bertz CT molecular complexity index is 2170. The lowest BCUT2D eigenvalue weighted by molar-refractivity contribution is -0.120. The minimum Gasteiger partial charge on any atom is -0.504 e. The number of amides is 2. The van der Waals surface area contributed by atoms with E-state index in [1.807, 2.05) is 17.9 Å². The molecule has 0 radical (unpaired) electrons. The van der Waals surface area contributed by atoms with Gasteiger partial charge in [-0.3, -0.25) is 19.0 Å². The number of nitrogens with two attached hydrogens (primary N) is 1. The van der Waals surface area contributed by atoms with E-state index in [1.165, 1.54) is 28.2 Å². The monoisotopic (exact) mass is 723 g/mol. The Morgan fingerprint density at radius 2 is 1.92 bits per heavy atom. The van der Waals surface area contributed by atoms with Crippen molar-refractivity contribution in [3.63, 3.8) is 0 Å². The van der Waals surface area contributed by atoms with Crippen LogP contribution in [0.15, 0.2) is 35.4 Å². The Kier molecular flexibility index (Phi) is 8.77. The Balaban J connectivity index is 1.36. The molecule has 1 unspecified atom stereocenters. The maximum Gasteiger partial charge on any atom is 0.299 e. The molecule has 5 aromatic rings. The Labute approximate surface area is 293 Å². The highest BCUT2D eigenvalue weighted by molar-refractivity contribution is 7.15. The molecule has 0 spiro atoms. The average Bonchev–Trinajstić information content (AvgIpc) is 3.73. The number of thiophene rings is 1. The summed E-state index contributed by atoms with van der Waals surface area (Å²) in [5.41, 5.74) is 8.23. The molecule has 254 valence electrons. The predicted molar refractivity (Wildman–Crippen MR) is 184 cm³/mol. The minimum atomic E-state index is -1.17. The smallest absolute Gasteiger partial charge is 0.299 e. The third-order valence-electron chi connectivity index (χ3n) is 8.84. The molecule has 17 heteroatoms. The molecular formula is C32H31Cl2N9O5S. The molecule has 4 aromatic heterocycles. The van der Waals surface area contributed by atoms with Crippen molar-refractivity contribution in [1.82, 2.24) is 34.0 Å². The molecule has 1 aromatic carbocycles. The molecule has 6 heterocycles. The van der Waals surface area contributed by atoms with E-state index in [1.54, 1.807) is 28.5 Å². The number of carbonyl (C=O) groups is 2. The van der Waals surface area contributed by atoms with E-state index < -0.39 is 23.4 Å². The molecule has 3 N–H and O–H groups in total. The van der Waals surface area contributed by atoms with Gasteiger partial charge in [-0.15, -0.1) is 16.4 Å². The number of anilines is 1. The number of aromatic hydroxyl groups is 1. The van der Waals surface area contributed by atoms with Gasteiger partial charge in [0.05, 0.1) is 29.5 Å². The summed E-state index contributed by atoms with van der Waals surface area (Å²) in [4.78, 5) is 59.2. The first kappa shape index (κ1) is 33.0. The van der Waals surface area contributed by atoms with Crippen LogP contribution < -0.4 is 16.2 Å². The number of rotatable bonds is 7. The van der Waals surface area contributed by atoms with Crippen molar-refractivity contribution in [2.24, 2.45) is 5.73 Å². The topological polar surface area (TPSA) is 174 Å². The average molecular weight is 725 g/mol. The van der Waals surface area contributed by atoms with Gasteiger partial charge < -0.3 is 25.4 Å². The second-order valence-electron chi connectivity index (χ2n) is 11.7. The summed E-state index contributed by atoms with van der Waals surface area (Å²) in [7, 11) is 0. The van der Waals surface area contributed by atoms with Crippen molar-refractivity contribution in [3.05, 3.63) is 84.1 Å². The van der Waals surface area contributed by atoms with Crippen LogP contribution in [0.2, 0.25) is 10.0 Å². The molecule has 7 rings (SSSR count). The summed E-state index contributed by atoms with van der Waals surface area (Å²) in [5.74, 6) is -0.982. The van der Waals surface area contributed by atoms with Crippen LogP contribution in [0.25, 0.3) is 16.5 Å². The molecule has 0 aliphatic carbocycles. The number of primary amides is 1. The Morgan fingerprint density at radius 3 is 2.61 bits per heavy atom. The number of fused-ring (bicyclic) bond motifs is 2. The summed E-state index contributed by atoms with van der Waals surface area (Å²) < 4.78 is 8.47. The van der Waals surface area contributed by atoms with Crippen molar-refractivity contribution in [2.75, 3.05) is 37.7 Å². The lowest BCUT2D eigenvalue weighted by Crippen LogP contribution is -2.51. The lowest BCUT2D eigenvalue weighted by Gasteiger charge is -2.37. The number of piperazine rings is 1. The van der Waals surface area contributed by atoms with Gasteiger partial charge >= 0.3 is 0 Å². The van der Waals surface area contributed by atoms with Crippen LogP contribution in [0.4, 0.5) is 5.69 Å². The van der Waals surface area contributed by atoms with E-state index in [0.29, 0.717) is 53.1 Å². The predicted octanol–water partition coefficient (Wildman–Crippen LogP) is 3.40. The van der Waals surface area contributed by atoms with Crippen LogP contribution in [-0.2, 0) is 29.0 Å². The van der Waals surface area contributed by atoms with Crippen LogP contribution in [0, 0.1) is 6.92 Å². The van der Waals surface area contributed by atoms with E-state index in [2.05, 4.69) is 9.97 Å². The zero-order chi connectivity index (χ0) is 34.6. The van der Waals surface area contributed by atoms with Gasteiger partial charge in [-0.05, 0) is 43.5 Å². The van der Waals surface area contributed by atoms with Crippen LogP contribution in [0.5, 0.6) is 5.75 Å². The van der Waals surface area contributed by atoms with Crippen molar-refractivity contribution in [1.29, 1.82) is 0 Å². The minimum absolute atomic E-state index is 0.0833. The summed E-state index contributed by atoms with van der Waals surface area (Å²) in [6.07, 6.45) is 2.31. The largest absolute Gasteiger partial charge is 0.504 e. The van der Waals surface area contributed by atoms with Gasteiger partial charge in [0.25, 0.3) is 11.5 Å². The van der Waals surface area contributed by atoms with E-state index >= 15 is 0 Å². The van der Waals surface area contributed by atoms with Gasteiger partial charge in [-0.25, -0.2) is 9.97 Å². The number of aromatic nitrogens is 6. The van der Waals surface area contributed by atoms with Gasteiger partial charge in [0.15, 0.2) is 17.3 Å². The number of benzene rings is 1. The highest BCUT2D eigenvalue weighted by atomic mass is 35.5. The summed E-state index contributed by atoms with van der Waals surface area (Å²) in [5, 5.41) is 15.7. The van der Waals surface area contributed by atoms with Crippen molar-refractivity contribution in [3.8, 4) is 16.5 Å². The third kappa shape index (κ3) is 5.79. The van der Waals surface area contributed by atoms with Crippen molar-refractivity contribution in [2.45, 2.75) is 39.3 Å². The SMILES string of the molecule is CCc1c(N2CCN(C(=O)c3ncnc(C)c3O)CC2)c(=O)n2nc(-c3cc4c(s3)COCC4)nc2n1C(C(N)=O)c1ccc(Cl)cc1Cl. The van der Waals surface area contributed by atoms with Gasteiger partial charge in [0.2, 0.25) is 11.7 Å². The van der Waals surface area contributed by atoms with Crippen LogP contribution in [0.3, 0.4) is 0 Å². The first-order chi connectivity index (χ1) is 23.6. The standard InChI is InChI=1S/C32H31Cl2N9O5S/c1-3-21-26(40-7-9-41(10-8-40)30(46)24-27(44)16(2)36-15-37-24)31(47)43-32(38-29(39-43)22-12-17-6-11-48-14-23(17)49-22)42(21)25(28(35)45)19-5-4-18(33)13-20(19)34/h4-5,12-13,15,25,44H,3,6-11,14H2,1-2H3,(H2,35,45). The molecule has 1 atom stereocenters. The highest BCUT2D eigenvalue weighted by Crippen LogP contribution is 2.36. The highest BCUT2D eigenvalue weighted by Gasteiger charge is 2.34. The van der Waals surface area contributed by atoms with E-state index in [-0.39, 0.29) is 48.4 Å². The number of nitrogens with zero attached hydrogens (tertiary/aromatic N) is 8. The summed E-state index contributed by atoms with van der Waals surface area (Å²) in [6.45, 7) is 5.58. The molecule has 2 aliphatic rings. The third-order valence-corrected chi connectivity index (χ3v) is 10.6. The fourth-order valence-electron chi connectivity index (χ4n) is 6.39. The van der Waals surface area contributed by atoms with Crippen molar-refractivity contribution < 1.29 is 19.4 Å². The normalized spacial score (nSPS) is 15.4. The van der Waals surface area contributed by atoms with E-state index in [9.17, 15) is 19.5 Å². The van der Waals surface area contributed by atoms with Gasteiger partial charge in [-0.2, -0.15) is 9.50 Å². The first-order valence-electron chi connectivity index (χ1n) is 15.6. The molecule has 49 heavy (non-hydrogen) atoms. The number of hydrogen-bond donors (Lipinski definition) is 2. The number of carbonyl (C=O) groups excluding carboxylic acids is 2. The molecule has 2 aliphatic heterocycles. The van der Waals surface area contributed by atoms with Gasteiger partial charge in [-0.1, -0.05) is 36.2 Å². The Morgan fingerprint density at radius 1 is 1.14 bits per heavy atom. The maximum absolute atomic E-state index is 14.5. The molecule has 1 fully saturated rings. The fourth-order valence-corrected chi connectivity index (χ4v) is 7.98. The molecular weight excluding hydrogens is 693 g/mol. The quantitative estimate of drug-likeness (QED) is 0.253. The van der Waals surface area contributed by atoms with Crippen LogP contribution in [0.1, 0.15) is 50.8 Å². The molecule has 0 bridgehead atoms. The van der Waals surface area contributed by atoms with Crippen LogP contribution in [-0.4, -0.2) is 83.7 Å². The molecule has 1 saturated heterocycles. The summed E-state index contributed by atoms with van der Waals surface area (Å²) in [6, 6.07) is 5.62. The number of halogens is 2. The second kappa shape index (κ2) is 13.0.